The summed E-state index contributed by atoms with van der Waals surface area (Å²) in [5, 5.41) is 0. The van der Waals surface area contributed by atoms with Gasteiger partial charge in [0, 0.05) is 37.9 Å². The Morgan fingerprint density at radius 1 is 1.04 bits per heavy atom. The van der Waals surface area contributed by atoms with Crippen molar-refractivity contribution in [1.82, 2.24) is 4.90 Å². The molecule has 0 aliphatic carbocycles. The largest absolute Gasteiger partial charge is 0.484 e. The third-order valence-corrected chi connectivity index (χ3v) is 5.26. The molecule has 0 unspecified atom stereocenters. The van der Waals surface area contributed by atoms with Crippen LogP contribution < -0.4 is 19.1 Å². The third-order valence-electron chi connectivity index (χ3n) is 5.26. The van der Waals surface area contributed by atoms with E-state index in [9.17, 15) is 4.79 Å². The number of amides is 1. The van der Waals surface area contributed by atoms with Gasteiger partial charge >= 0.3 is 0 Å². The van der Waals surface area contributed by atoms with Crippen molar-refractivity contribution in [2.45, 2.75) is 13.8 Å². The lowest BCUT2D eigenvalue weighted by Gasteiger charge is -2.37. The predicted octanol–water partition coefficient (Wildman–Crippen LogP) is 2.76. The van der Waals surface area contributed by atoms with Gasteiger partial charge in [0.2, 0.25) is 6.79 Å². The molecule has 0 N–H and O–H groups in total. The Hall–Kier alpha value is -2.89. The number of nitrogens with zero attached hydrogens (tertiary/aromatic N) is 2. The van der Waals surface area contributed by atoms with Gasteiger partial charge in [0.05, 0.1) is 0 Å². The van der Waals surface area contributed by atoms with E-state index < -0.39 is 0 Å². The van der Waals surface area contributed by atoms with Gasteiger partial charge in [0.15, 0.2) is 18.1 Å². The zero-order chi connectivity index (χ0) is 18.8. The molecule has 0 aromatic heterocycles. The fourth-order valence-electron chi connectivity index (χ4n) is 3.48. The Morgan fingerprint density at radius 2 is 1.81 bits per heavy atom. The Labute approximate surface area is 159 Å². The monoisotopic (exact) mass is 368 g/mol. The molecule has 142 valence electrons. The number of rotatable bonds is 4. The maximum Gasteiger partial charge on any atom is 0.260 e. The topological polar surface area (TPSA) is 51.2 Å². The third kappa shape index (κ3) is 3.65. The van der Waals surface area contributed by atoms with Crippen molar-refractivity contribution in [2.24, 2.45) is 0 Å². The molecule has 2 aromatic rings. The summed E-state index contributed by atoms with van der Waals surface area (Å²) >= 11 is 0. The second-order valence-electron chi connectivity index (χ2n) is 6.89. The van der Waals surface area contributed by atoms with E-state index in [0.717, 1.165) is 13.1 Å². The minimum atomic E-state index is 0.00767. The van der Waals surface area contributed by atoms with Crippen LogP contribution in [-0.2, 0) is 4.79 Å². The smallest absolute Gasteiger partial charge is 0.260 e. The lowest BCUT2D eigenvalue weighted by Crippen LogP contribution is -2.50. The highest BCUT2D eigenvalue weighted by atomic mass is 16.7. The summed E-state index contributed by atoms with van der Waals surface area (Å²) in [4.78, 5) is 16.7. The van der Waals surface area contributed by atoms with Gasteiger partial charge in [-0.25, -0.2) is 0 Å². The Kier molecular flexibility index (Phi) is 4.79. The number of carbonyl (C=O) groups is 1. The van der Waals surface area contributed by atoms with Gasteiger partial charge in [-0.05, 0) is 43.2 Å². The second-order valence-corrected chi connectivity index (χ2v) is 6.89. The molecule has 0 atom stereocenters. The van der Waals surface area contributed by atoms with Crippen LogP contribution in [-0.4, -0.2) is 50.4 Å². The van der Waals surface area contributed by atoms with Crippen molar-refractivity contribution < 1.29 is 19.0 Å². The van der Waals surface area contributed by atoms with Gasteiger partial charge in [-0.1, -0.05) is 12.1 Å². The average Bonchev–Trinajstić information content (AvgIpc) is 3.16. The highest BCUT2D eigenvalue weighted by molar-refractivity contribution is 5.78. The van der Waals surface area contributed by atoms with Crippen molar-refractivity contribution in [3.8, 4) is 17.2 Å². The van der Waals surface area contributed by atoms with Gasteiger partial charge in [-0.2, -0.15) is 0 Å². The van der Waals surface area contributed by atoms with Gasteiger partial charge in [0.1, 0.15) is 5.75 Å². The highest BCUT2D eigenvalue weighted by Crippen LogP contribution is 2.35. The van der Waals surface area contributed by atoms with E-state index >= 15 is 0 Å². The number of benzene rings is 2. The average molecular weight is 368 g/mol. The molecule has 0 saturated carbocycles. The summed E-state index contributed by atoms with van der Waals surface area (Å²) in [6.07, 6.45) is 0. The molecule has 2 aliphatic rings. The molecular formula is C21H24N2O4. The van der Waals surface area contributed by atoms with Crippen LogP contribution in [0.25, 0.3) is 0 Å². The first kappa shape index (κ1) is 17.5. The summed E-state index contributed by atoms with van der Waals surface area (Å²) in [5.74, 6) is 1.98. The van der Waals surface area contributed by atoms with Crippen LogP contribution in [0.15, 0.2) is 36.4 Å². The van der Waals surface area contributed by atoms with Crippen molar-refractivity contribution in [2.75, 3.05) is 44.5 Å². The van der Waals surface area contributed by atoms with Crippen LogP contribution in [0.2, 0.25) is 0 Å². The first-order valence-corrected chi connectivity index (χ1v) is 9.23. The van der Waals surface area contributed by atoms with Gasteiger partial charge < -0.3 is 24.0 Å². The Morgan fingerprint density at radius 3 is 2.63 bits per heavy atom. The maximum atomic E-state index is 12.5. The number of hydrogen-bond acceptors (Lipinski definition) is 5. The summed E-state index contributed by atoms with van der Waals surface area (Å²) in [5.41, 5.74) is 3.87. The van der Waals surface area contributed by atoms with E-state index in [4.69, 9.17) is 14.2 Å². The molecule has 2 aliphatic heterocycles. The molecule has 4 rings (SSSR count). The molecule has 1 amide bonds. The molecule has 27 heavy (non-hydrogen) atoms. The van der Waals surface area contributed by atoms with Crippen LogP contribution in [0.1, 0.15) is 11.1 Å². The number of ether oxygens (including phenoxy) is 3. The standard InChI is InChI=1S/C21H24N2O4/c1-15-4-3-5-18(16(15)2)22-8-10-23(11-9-22)21(24)13-25-17-6-7-19-20(12-17)27-14-26-19/h3-7,12H,8-11,13-14H2,1-2H3. The van der Waals surface area contributed by atoms with E-state index in [-0.39, 0.29) is 19.3 Å². The number of anilines is 1. The van der Waals surface area contributed by atoms with Gasteiger partial charge in [-0.3, -0.25) is 4.79 Å². The van der Waals surface area contributed by atoms with Crippen molar-refractivity contribution >= 4 is 11.6 Å². The summed E-state index contributed by atoms with van der Waals surface area (Å²) in [6, 6.07) is 11.7. The van der Waals surface area contributed by atoms with Crippen LogP contribution in [0.3, 0.4) is 0 Å². The normalized spacial score (nSPS) is 15.8. The minimum Gasteiger partial charge on any atom is -0.484 e. The molecule has 6 nitrogen and oxygen atoms in total. The minimum absolute atomic E-state index is 0.00767. The first-order valence-electron chi connectivity index (χ1n) is 9.23. The second kappa shape index (κ2) is 7.39. The highest BCUT2D eigenvalue weighted by Gasteiger charge is 2.23. The van der Waals surface area contributed by atoms with Crippen LogP contribution in [0.5, 0.6) is 17.2 Å². The molecule has 2 aromatic carbocycles. The van der Waals surface area contributed by atoms with Crippen molar-refractivity contribution in [3.05, 3.63) is 47.5 Å². The number of aryl methyl sites for hydroxylation is 1. The van der Waals surface area contributed by atoms with Crippen molar-refractivity contribution in [3.63, 3.8) is 0 Å². The van der Waals surface area contributed by atoms with Crippen LogP contribution >= 0.6 is 0 Å². The van der Waals surface area contributed by atoms with E-state index in [1.54, 1.807) is 18.2 Å². The lowest BCUT2D eigenvalue weighted by atomic mass is 10.1. The van der Waals surface area contributed by atoms with E-state index in [1.807, 2.05) is 4.90 Å². The molecule has 2 heterocycles. The van der Waals surface area contributed by atoms with E-state index in [1.165, 1.54) is 16.8 Å². The Bertz CT molecular complexity index is 844. The van der Waals surface area contributed by atoms with E-state index in [0.29, 0.717) is 30.3 Å². The van der Waals surface area contributed by atoms with Gasteiger partial charge in [-0.15, -0.1) is 0 Å². The summed E-state index contributed by atoms with van der Waals surface area (Å²) in [7, 11) is 0. The zero-order valence-corrected chi connectivity index (χ0v) is 15.7. The molecule has 0 radical (unpaired) electrons. The van der Waals surface area contributed by atoms with Crippen LogP contribution in [0.4, 0.5) is 5.69 Å². The van der Waals surface area contributed by atoms with Crippen LogP contribution in [0, 0.1) is 13.8 Å². The fourth-order valence-corrected chi connectivity index (χ4v) is 3.48. The number of fused-ring (bicyclic) bond motifs is 1. The number of carbonyl (C=O) groups excluding carboxylic acids is 1. The summed E-state index contributed by atoms with van der Waals surface area (Å²) < 4.78 is 16.3. The first-order chi connectivity index (χ1) is 13.1. The molecule has 0 bridgehead atoms. The fraction of sp³-hybridized carbons (Fsp3) is 0.381. The van der Waals surface area contributed by atoms with Crippen molar-refractivity contribution in [1.29, 1.82) is 0 Å². The maximum absolute atomic E-state index is 12.5. The number of hydrogen-bond donors (Lipinski definition) is 0. The Balaban J connectivity index is 1.30. The molecule has 0 spiro atoms. The molecule has 6 heteroatoms. The van der Waals surface area contributed by atoms with E-state index in [2.05, 4.69) is 36.9 Å². The predicted molar refractivity (Wildman–Crippen MR) is 103 cm³/mol. The number of piperazine rings is 1. The molecule has 1 fully saturated rings. The quantitative estimate of drug-likeness (QED) is 0.831. The van der Waals surface area contributed by atoms with Gasteiger partial charge in [0.25, 0.3) is 5.91 Å². The summed E-state index contributed by atoms with van der Waals surface area (Å²) in [6.45, 7) is 7.62. The SMILES string of the molecule is Cc1cccc(N2CCN(C(=O)COc3ccc4c(c3)OCO4)CC2)c1C. The molecule has 1 saturated heterocycles. The lowest BCUT2D eigenvalue weighted by molar-refractivity contribution is -0.133. The zero-order valence-electron chi connectivity index (χ0n) is 15.7. The molecular weight excluding hydrogens is 344 g/mol.